The Hall–Kier alpha value is -1.39. The van der Waals surface area contributed by atoms with Gasteiger partial charge in [0.1, 0.15) is 0 Å². The van der Waals surface area contributed by atoms with Crippen LogP contribution in [0.4, 0.5) is 0 Å². The molecule has 4 heteroatoms. The third-order valence-corrected chi connectivity index (χ3v) is 2.72. The van der Waals surface area contributed by atoms with E-state index in [1.807, 2.05) is 12.1 Å². The molecule has 0 heterocycles. The van der Waals surface area contributed by atoms with Gasteiger partial charge in [0.15, 0.2) is 0 Å². The Balaban J connectivity index is 2.58. The van der Waals surface area contributed by atoms with Gasteiger partial charge in [-0.2, -0.15) is 0 Å². The molecule has 0 saturated heterocycles. The molecule has 0 bridgehead atoms. The summed E-state index contributed by atoms with van der Waals surface area (Å²) in [4.78, 5) is 11.4. The molecule has 0 radical (unpaired) electrons. The summed E-state index contributed by atoms with van der Waals surface area (Å²) in [6.45, 7) is 4.39. The number of amides is 1. The molecule has 100 valence electrons. The zero-order chi connectivity index (χ0) is 13.5. The van der Waals surface area contributed by atoms with Crippen LogP contribution >= 0.6 is 0 Å². The first kappa shape index (κ1) is 14.7. The standard InChI is InChI=1S/C14H23N3O/c1-10(2)8-11-4-6-12(7-5-11)13(15)9-14(18)17-16-3/h4-7,10,13,16H,8-9,15H2,1-3H3,(H,17,18). The summed E-state index contributed by atoms with van der Waals surface area (Å²) in [6, 6.07) is 7.94. The van der Waals surface area contributed by atoms with Crippen molar-refractivity contribution in [2.75, 3.05) is 7.05 Å². The van der Waals surface area contributed by atoms with Crippen molar-refractivity contribution in [1.29, 1.82) is 0 Å². The number of hydrogen-bond donors (Lipinski definition) is 3. The number of nitrogens with two attached hydrogens (primary N) is 1. The highest BCUT2D eigenvalue weighted by molar-refractivity contribution is 5.76. The van der Waals surface area contributed by atoms with E-state index in [-0.39, 0.29) is 18.4 Å². The summed E-state index contributed by atoms with van der Waals surface area (Å²) in [7, 11) is 1.66. The Kier molecular flexibility index (Phi) is 5.82. The molecule has 0 aromatic heterocycles. The highest BCUT2D eigenvalue weighted by Crippen LogP contribution is 2.16. The van der Waals surface area contributed by atoms with Crippen molar-refractivity contribution in [3.8, 4) is 0 Å². The van der Waals surface area contributed by atoms with Gasteiger partial charge in [0.2, 0.25) is 5.91 Å². The summed E-state index contributed by atoms with van der Waals surface area (Å²) >= 11 is 0. The number of nitrogens with one attached hydrogen (secondary N) is 2. The maximum absolute atomic E-state index is 11.4. The number of hydrazine groups is 1. The molecule has 18 heavy (non-hydrogen) atoms. The fourth-order valence-electron chi connectivity index (χ4n) is 1.88. The van der Waals surface area contributed by atoms with Crippen LogP contribution in [0.3, 0.4) is 0 Å². The quantitative estimate of drug-likeness (QED) is 0.670. The van der Waals surface area contributed by atoms with Crippen molar-refractivity contribution in [2.24, 2.45) is 11.7 Å². The average molecular weight is 249 g/mol. The molecule has 1 amide bonds. The van der Waals surface area contributed by atoms with E-state index in [0.29, 0.717) is 5.92 Å². The molecule has 0 aliphatic rings. The fourth-order valence-corrected chi connectivity index (χ4v) is 1.88. The lowest BCUT2D eigenvalue weighted by Gasteiger charge is -2.13. The maximum atomic E-state index is 11.4. The predicted molar refractivity (Wildman–Crippen MR) is 73.7 cm³/mol. The van der Waals surface area contributed by atoms with Crippen LogP contribution in [0.25, 0.3) is 0 Å². The molecule has 1 atom stereocenters. The molecule has 0 aliphatic heterocycles. The van der Waals surface area contributed by atoms with E-state index in [4.69, 9.17) is 5.73 Å². The van der Waals surface area contributed by atoms with Crippen molar-refractivity contribution in [2.45, 2.75) is 32.7 Å². The van der Waals surface area contributed by atoms with Gasteiger partial charge < -0.3 is 5.73 Å². The topological polar surface area (TPSA) is 67.1 Å². The van der Waals surface area contributed by atoms with Crippen molar-refractivity contribution in [3.05, 3.63) is 35.4 Å². The Labute approximate surface area is 109 Å². The minimum absolute atomic E-state index is 0.101. The smallest absolute Gasteiger partial charge is 0.235 e. The van der Waals surface area contributed by atoms with Gasteiger partial charge in [0.05, 0.1) is 0 Å². The third-order valence-electron chi connectivity index (χ3n) is 2.72. The summed E-state index contributed by atoms with van der Waals surface area (Å²) < 4.78 is 0. The third kappa shape index (κ3) is 4.85. The van der Waals surface area contributed by atoms with Crippen molar-refractivity contribution in [3.63, 3.8) is 0 Å². The van der Waals surface area contributed by atoms with Gasteiger partial charge in [-0.25, -0.2) is 5.43 Å². The number of benzene rings is 1. The fraction of sp³-hybridized carbons (Fsp3) is 0.500. The van der Waals surface area contributed by atoms with Gasteiger partial charge in [-0.15, -0.1) is 0 Å². The monoisotopic (exact) mass is 249 g/mol. The lowest BCUT2D eigenvalue weighted by molar-refractivity contribution is -0.122. The van der Waals surface area contributed by atoms with Gasteiger partial charge in [-0.05, 0) is 23.5 Å². The average Bonchev–Trinajstić information content (AvgIpc) is 2.29. The summed E-state index contributed by atoms with van der Waals surface area (Å²) in [6.07, 6.45) is 1.35. The highest BCUT2D eigenvalue weighted by Gasteiger charge is 2.11. The molecular weight excluding hydrogens is 226 g/mol. The van der Waals surface area contributed by atoms with Crippen LogP contribution in [0, 0.1) is 5.92 Å². The zero-order valence-corrected chi connectivity index (χ0v) is 11.4. The molecule has 1 rings (SSSR count). The number of carbonyl (C=O) groups is 1. The predicted octanol–water partition coefficient (Wildman–Crippen LogP) is 1.53. The second-order valence-corrected chi connectivity index (χ2v) is 4.95. The second kappa shape index (κ2) is 7.13. The highest BCUT2D eigenvalue weighted by atomic mass is 16.2. The van der Waals surface area contributed by atoms with Crippen LogP contribution in [0.2, 0.25) is 0 Å². The minimum Gasteiger partial charge on any atom is -0.324 e. The van der Waals surface area contributed by atoms with E-state index in [9.17, 15) is 4.79 Å². The maximum Gasteiger partial charge on any atom is 0.235 e. The van der Waals surface area contributed by atoms with E-state index in [2.05, 4.69) is 36.8 Å². The molecular formula is C14H23N3O. The van der Waals surface area contributed by atoms with E-state index in [0.717, 1.165) is 12.0 Å². The van der Waals surface area contributed by atoms with Crippen LogP contribution in [0.15, 0.2) is 24.3 Å². The Morgan fingerprint density at radius 1 is 1.28 bits per heavy atom. The molecule has 4 N–H and O–H groups in total. The molecule has 0 saturated carbocycles. The van der Waals surface area contributed by atoms with Gasteiger partial charge >= 0.3 is 0 Å². The van der Waals surface area contributed by atoms with Gasteiger partial charge in [-0.3, -0.25) is 10.2 Å². The minimum atomic E-state index is -0.258. The first-order valence-corrected chi connectivity index (χ1v) is 6.33. The largest absolute Gasteiger partial charge is 0.324 e. The van der Waals surface area contributed by atoms with Crippen LogP contribution in [0.1, 0.15) is 37.4 Å². The second-order valence-electron chi connectivity index (χ2n) is 4.95. The molecule has 0 fully saturated rings. The van der Waals surface area contributed by atoms with Crippen LogP contribution in [-0.4, -0.2) is 13.0 Å². The van der Waals surface area contributed by atoms with Gasteiger partial charge in [-0.1, -0.05) is 38.1 Å². The normalized spacial score (nSPS) is 12.5. The van der Waals surface area contributed by atoms with Crippen LogP contribution in [-0.2, 0) is 11.2 Å². The summed E-state index contributed by atoms with van der Waals surface area (Å²) in [5.41, 5.74) is 13.4. The van der Waals surface area contributed by atoms with Gasteiger partial charge in [0, 0.05) is 19.5 Å². The van der Waals surface area contributed by atoms with Crippen molar-refractivity contribution < 1.29 is 4.79 Å². The number of hydrogen-bond acceptors (Lipinski definition) is 3. The van der Waals surface area contributed by atoms with Gasteiger partial charge in [0.25, 0.3) is 0 Å². The van der Waals surface area contributed by atoms with Crippen LogP contribution in [0.5, 0.6) is 0 Å². The van der Waals surface area contributed by atoms with E-state index < -0.39 is 0 Å². The van der Waals surface area contributed by atoms with Crippen molar-refractivity contribution in [1.82, 2.24) is 10.9 Å². The van der Waals surface area contributed by atoms with E-state index in [1.165, 1.54) is 5.56 Å². The summed E-state index contributed by atoms with van der Waals surface area (Å²) in [5, 5.41) is 0. The van der Waals surface area contributed by atoms with Crippen LogP contribution < -0.4 is 16.6 Å². The molecule has 1 aromatic carbocycles. The Bertz CT molecular complexity index is 373. The first-order chi connectivity index (χ1) is 8.52. The molecule has 4 nitrogen and oxygen atoms in total. The lowest BCUT2D eigenvalue weighted by atomic mass is 9.98. The Morgan fingerprint density at radius 3 is 2.39 bits per heavy atom. The molecule has 1 unspecified atom stereocenters. The van der Waals surface area contributed by atoms with E-state index >= 15 is 0 Å². The number of carbonyl (C=O) groups excluding carboxylic acids is 1. The molecule has 1 aromatic rings. The SMILES string of the molecule is CNNC(=O)CC(N)c1ccc(CC(C)C)cc1. The Morgan fingerprint density at radius 2 is 1.89 bits per heavy atom. The molecule has 0 spiro atoms. The lowest BCUT2D eigenvalue weighted by Crippen LogP contribution is -2.36. The van der Waals surface area contributed by atoms with Crippen molar-refractivity contribution >= 4 is 5.91 Å². The zero-order valence-electron chi connectivity index (χ0n) is 11.4. The first-order valence-electron chi connectivity index (χ1n) is 6.33. The molecule has 0 aliphatic carbocycles. The summed E-state index contributed by atoms with van der Waals surface area (Å²) in [5.74, 6) is 0.544. The van der Waals surface area contributed by atoms with E-state index in [1.54, 1.807) is 7.05 Å². The number of rotatable bonds is 6.